The summed E-state index contributed by atoms with van der Waals surface area (Å²) in [6.45, 7) is 1.74. The van der Waals surface area contributed by atoms with Crippen LogP contribution in [0.15, 0.2) is 46.9 Å². The minimum Gasteiger partial charge on any atom is -0.456 e. The largest absolute Gasteiger partial charge is 0.456 e. The van der Waals surface area contributed by atoms with Gasteiger partial charge in [-0.15, -0.1) is 0 Å². The highest BCUT2D eigenvalue weighted by molar-refractivity contribution is 14.1. The van der Waals surface area contributed by atoms with Crippen LogP contribution in [0.4, 0.5) is 0 Å². The molecule has 0 aliphatic carbocycles. The van der Waals surface area contributed by atoms with Crippen molar-refractivity contribution in [3.05, 3.63) is 56.1 Å². The summed E-state index contributed by atoms with van der Waals surface area (Å²) in [5.74, 6) is 1.53. The number of benzene rings is 2. The molecule has 2 aromatic carbocycles. The van der Waals surface area contributed by atoms with Crippen molar-refractivity contribution in [1.29, 1.82) is 0 Å². The molecular weight excluding hydrogens is 407 g/mol. The molecule has 0 unspecified atom stereocenters. The van der Waals surface area contributed by atoms with Crippen LogP contribution in [-0.2, 0) is 0 Å². The third kappa shape index (κ3) is 3.46. The van der Waals surface area contributed by atoms with Gasteiger partial charge in [-0.1, -0.05) is 6.07 Å². The van der Waals surface area contributed by atoms with Gasteiger partial charge < -0.3 is 9.84 Å². The number of hydrogen-bond acceptors (Lipinski definition) is 2. The van der Waals surface area contributed by atoms with Gasteiger partial charge in [-0.25, -0.2) is 0 Å². The quantitative estimate of drug-likeness (QED) is 0.718. The summed E-state index contributed by atoms with van der Waals surface area (Å²) in [4.78, 5) is 0. The Kier molecular flexibility index (Phi) is 4.64. The van der Waals surface area contributed by atoms with Gasteiger partial charge in [-0.2, -0.15) is 0 Å². The standard InChI is InChI=1S/C14H12BrIO2/c1-9(17)10-2-7-14(13(15)8-10)18-12-5-3-11(16)4-6-12/h2-9,17H,1H3/t9-/m0/s1. The van der Waals surface area contributed by atoms with E-state index >= 15 is 0 Å². The van der Waals surface area contributed by atoms with Crippen LogP contribution in [0.1, 0.15) is 18.6 Å². The van der Waals surface area contributed by atoms with E-state index in [0.29, 0.717) is 0 Å². The lowest BCUT2D eigenvalue weighted by molar-refractivity contribution is 0.199. The molecule has 0 spiro atoms. The van der Waals surface area contributed by atoms with E-state index in [1.54, 1.807) is 6.92 Å². The molecular formula is C14H12BrIO2. The van der Waals surface area contributed by atoms with Gasteiger partial charge in [0.25, 0.3) is 0 Å². The number of halogens is 2. The van der Waals surface area contributed by atoms with Gasteiger partial charge in [-0.05, 0) is 87.4 Å². The molecule has 0 bridgehead atoms. The molecule has 2 rings (SSSR count). The first-order valence-corrected chi connectivity index (χ1v) is 7.34. The lowest BCUT2D eigenvalue weighted by atomic mass is 10.1. The molecule has 18 heavy (non-hydrogen) atoms. The second-order valence-electron chi connectivity index (χ2n) is 3.92. The molecule has 0 saturated carbocycles. The van der Waals surface area contributed by atoms with Crippen molar-refractivity contribution >= 4 is 38.5 Å². The Bertz CT molecular complexity index is 538. The number of hydrogen-bond donors (Lipinski definition) is 1. The van der Waals surface area contributed by atoms with Crippen molar-refractivity contribution in [2.45, 2.75) is 13.0 Å². The first kappa shape index (κ1) is 13.8. The van der Waals surface area contributed by atoms with E-state index < -0.39 is 6.10 Å². The predicted octanol–water partition coefficient (Wildman–Crippen LogP) is 4.90. The molecule has 4 heteroatoms. The fourth-order valence-electron chi connectivity index (χ4n) is 1.49. The van der Waals surface area contributed by atoms with Gasteiger partial charge in [0.1, 0.15) is 11.5 Å². The van der Waals surface area contributed by atoms with Crippen LogP contribution in [0.2, 0.25) is 0 Å². The van der Waals surface area contributed by atoms with Crippen molar-refractivity contribution in [3.8, 4) is 11.5 Å². The van der Waals surface area contributed by atoms with Crippen LogP contribution in [0.3, 0.4) is 0 Å². The van der Waals surface area contributed by atoms with E-state index in [0.717, 1.165) is 21.5 Å². The fourth-order valence-corrected chi connectivity index (χ4v) is 2.33. The zero-order chi connectivity index (χ0) is 13.1. The normalized spacial score (nSPS) is 12.2. The zero-order valence-corrected chi connectivity index (χ0v) is 13.5. The molecule has 1 atom stereocenters. The van der Waals surface area contributed by atoms with E-state index in [4.69, 9.17) is 4.74 Å². The lowest BCUT2D eigenvalue weighted by Gasteiger charge is -2.10. The summed E-state index contributed by atoms with van der Waals surface area (Å²) in [7, 11) is 0. The Balaban J connectivity index is 2.22. The van der Waals surface area contributed by atoms with Crippen molar-refractivity contribution in [2.75, 3.05) is 0 Å². The lowest BCUT2D eigenvalue weighted by Crippen LogP contribution is -1.92. The number of ether oxygens (including phenoxy) is 1. The van der Waals surface area contributed by atoms with E-state index in [1.165, 1.54) is 3.57 Å². The van der Waals surface area contributed by atoms with Crippen LogP contribution < -0.4 is 4.74 Å². The highest BCUT2D eigenvalue weighted by Gasteiger charge is 2.07. The first-order chi connectivity index (χ1) is 8.56. The van der Waals surface area contributed by atoms with Gasteiger partial charge >= 0.3 is 0 Å². The highest BCUT2D eigenvalue weighted by Crippen LogP contribution is 2.32. The summed E-state index contributed by atoms with van der Waals surface area (Å²) < 4.78 is 7.77. The molecule has 0 heterocycles. The van der Waals surface area contributed by atoms with Gasteiger partial charge in [-0.3, -0.25) is 0 Å². The Hall–Kier alpha value is -0.590. The Morgan fingerprint density at radius 1 is 1.17 bits per heavy atom. The Labute approximate surface area is 128 Å². The number of aliphatic hydroxyl groups excluding tert-OH is 1. The van der Waals surface area contributed by atoms with E-state index in [1.807, 2.05) is 42.5 Å². The molecule has 0 aliphatic rings. The van der Waals surface area contributed by atoms with Crippen LogP contribution in [-0.4, -0.2) is 5.11 Å². The number of rotatable bonds is 3. The molecule has 0 saturated heterocycles. The van der Waals surface area contributed by atoms with Crippen LogP contribution in [0, 0.1) is 3.57 Å². The molecule has 0 aliphatic heterocycles. The van der Waals surface area contributed by atoms with Crippen molar-refractivity contribution < 1.29 is 9.84 Å². The van der Waals surface area contributed by atoms with E-state index in [2.05, 4.69) is 38.5 Å². The van der Waals surface area contributed by atoms with E-state index in [9.17, 15) is 5.11 Å². The van der Waals surface area contributed by atoms with Crippen molar-refractivity contribution in [3.63, 3.8) is 0 Å². The molecule has 0 aromatic heterocycles. The van der Waals surface area contributed by atoms with E-state index in [-0.39, 0.29) is 0 Å². The third-order valence-corrected chi connectivity index (χ3v) is 3.82. The summed E-state index contributed by atoms with van der Waals surface area (Å²) in [6, 6.07) is 13.4. The average molecular weight is 419 g/mol. The molecule has 2 aromatic rings. The Morgan fingerprint density at radius 2 is 1.83 bits per heavy atom. The molecule has 0 fully saturated rings. The Morgan fingerprint density at radius 3 is 2.39 bits per heavy atom. The monoisotopic (exact) mass is 418 g/mol. The topological polar surface area (TPSA) is 29.5 Å². The fraction of sp³-hybridized carbons (Fsp3) is 0.143. The second-order valence-corrected chi connectivity index (χ2v) is 6.02. The van der Waals surface area contributed by atoms with Crippen LogP contribution >= 0.6 is 38.5 Å². The molecule has 1 N–H and O–H groups in total. The smallest absolute Gasteiger partial charge is 0.141 e. The maximum absolute atomic E-state index is 9.50. The minimum atomic E-state index is -0.478. The van der Waals surface area contributed by atoms with Crippen molar-refractivity contribution in [1.82, 2.24) is 0 Å². The average Bonchev–Trinajstić information content (AvgIpc) is 2.34. The van der Waals surface area contributed by atoms with Gasteiger partial charge in [0.05, 0.1) is 10.6 Å². The third-order valence-electron chi connectivity index (χ3n) is 2.48. The summed E-state index contributed by atoms with van der Waals surface area (Å²) >= 11 is 5.70. The summed E-state index contributed by atoms with van der Waals surface area (Å²) in [6.07, 6.45) is -0.478. The maximum atomic E-state index is 9.50. The van der Waals surface area contributed by atoms with Gasteiger partial charge in [0.15, 0.2) is 0 Å². The maximum Gasteiger partial charge on any atom is 0.141 e. The molecule has 94 valence electrons. The first-order valence-electron chi connectivity index (χ1n) is 5.47. The van der Waals surface area contributed by atoms with Crippen LogP contribution in [0.5, 0.6) is 11.5 Å². The van der Waals surface area contributed by atoms with Crippen LogP contribution in [0.25, 0.3) is 0 Å². The zero-order valence-electron chi connectivity index (χ0n) is 9.73. The van der Waals surface area contributed by atoms with Gasteiger partial charge in [0.2, 0.25) is 0 Å². The minimum absolute atomic E-state index is 0.478. The number of aliphatic hydroxyl groups is 1. The highest BCUT2D eigenvalue weighted by atomic mass is 127. The molecule has 0 amide bonds. The SMILES string of the molecule is C[C@H](O)c1ccc(Oc2ccc(I)cc2)c(Br)c1. The summed E-state index contributed by atoms with van der Waals surface area (Å²) in [5, 5.41) is 9.50. The molecule has 2 nitrogen and oxygen atoms in total. The summed E-state index contributed by atoms with van der Waals surface area (Å²) in [5.41, 5.74) is 0.858. The molecule has 0 radical (unpaired) electrons. The predicted molar refractivity (Wildman–Crippen MR) is 84.0 cm³/mol. The van der Waals surface area contributed by atoms with Crippen molar-refractivity contribution in [2.24, 2.45) is 0 Å². The van der Waals surface area contributed by atoms with Gasteiger partial charge in [0, 0.05) is 3.57 Å². The second kappa shape index (κ2) is 6.04.